The fourth-order valence-electron chi connectivity index (χ4n) is 5.74. The number of benzene rings is 3. The van der Waals surface area contributed by atoms with Crippen LogP contribution in [-0.4, -0.2) is 41.0 Å². The second-order valence-corrected chi connectivity index (χ2v) is 10.8. The Morgan fingerprint density at radius 2 is 1.83 bits per heavy atom. The monoisotopic (exact) mass is 495 g/mol. The molecule has 2 aliphatic heterocycles. The molecule has 2 atom stereocenters. The molecule has 0 saturated carbocycles. The van der Waals surface area contributed by atoms with E-state index in [1.165, 1.54) is 0 Å². The third-order valence-electron chi connectivity index (χ3n) is 7.57. The van der Waals surface area contributed by atoms with Gasteiger partial charge in [0.25, 0.3) is 0 Å². The van der Waals surface area contributed by atoms with Crippen LogP contribution < -0.4 is 10.6 Å². The molecule has 2 aliphatic rings. The van der Waals surface area contributed by atoms with E-state index in [1.807, 2.05) is 41.9 Å². The first-order valence-electron chi connectivity index (χ1n) is 12.4. The minimum atomic E-state index is -0.180. The molecule has 7 rings (SSSR count). The number of nitrogens with zero attached hydrogens (tertiary/aromatic N) is 3. The number of halogens is 1. The van der Waals surface area contributed by atoms with Gasteiger partial charge in [0, 0.05) is 48.2 Å². The topological polar surface area (TPSA) is 53.1 Å². The molecular weight excluding hydrogens is 469 g/mol. The minimum absolute atomic E-state index is 0.180. The number of hydrogen-bond donors (Lipinski definition) is 2. The zero-order chi connectivity index (χ0) is 24.1. The second-order valence-electron chi connectivity index (χ2n) is 9.94. The Morgan fingerprint density at radius 1 is 0.944 bits per heavy atom. The number of nitrogens with one attached hydrogen (secondary N) is 2. The summed E-state index contributed by atoms with van der Waals surface area (Å²) in [5, 5.41) is 7.94. The van der Waals surface area contributed by atoms with Gasteiger partial charge < -0.3 is 10.6 Å². The Kier molecular flexibility index (Phi) is 5.42. The summed E-state index contributed by atoms with van der Waals surface area (Å²) in [6, 6.07) is 19.8. The van der Waals surface area contributed by atoms with Crippen LogP contribution in [0.15, 0.2) is 72.4 Å². The lowest BCUT2D eigenvalue weighted by Gasteiger charge is -2.17. The molecule has 3 aromatic carbocycles. The molecule has 0 bridgehead atoms. The summed E-state index contributed by atoms with van der Waals surface area (Å²) in [5.74, 6) is 1.30. The van der Waals surface area contributed by atoms with Crippen LogP contribution in [0.5, 0.6) is 0 Å². The van der Waals surface area contributed by atoms with Gasteiger partial charge in [-0.2, -0.15) is 0 Å². The molecule has 2 fully saturated rings. The highest BCUT2D eigenvalue weighted by molar-refractivity contribution is 7.16. The fraction of sp³-hybridized carbons (Fsp3) is 0.241. The van der Waals surface area contributed by atoms with Crippen molar-refractivity contribution in [3.8, 4) is 11.1 Å². The maximum atomic E-state index is 15.3. The molecule has 180 valence electrons. The van der Waals surface area contributed by atoms with E-state index in [1.54, 1.807) is 23.6 Å². The van der Waals surface area contributed by atoms with Crippen LogP contribution in [0.25, 0.3) is 32.2 Å². The van der Waals surface area contributed by atoms with Crippen LogP contribution >= 0.6 is 11.3 Å². The van der Waals surface area contributed by atoms with Gasteiger partial charge in [-0.3, -0.25) is 9.88 Å². The Bertz CT molecular complexity index is 1570. The number of aromatic nitrogens is 2. The first-order chi connectivity index (χ1) is 17.7. The van der Waals surface area contributed by atoms with Crippen molar-refractivity contribution >= 4 is 43.8 Å². The average Bonchev–Trinajstić information content (AvgIpc) is 3.61. The summed E-state index contributed by atoms with van der Waals surface area (Å²) in [4.78, 5) is 11.4. The molecule has 0 amide bonds. The third-order valence-corrected chi connectivity index (χ3v) is 8.38. The Morgan fingerprint density at radius 3 is 2.69 bits per heavy atom. The molecule has 4 heterocycles. The maximum Gasteiger partial charge on any atom is 0.131 e. The highest BCUT2D eigenvalue weighted by Gasteiger charge is 2.35. The van der Waals surface area contributed by atoms with Crippen molar-refractivity contribution in [1.82, 2.24) is 20.2 Å². The molecule has 2 N–H and O–H groups in total. The van der Waals surface area contributed by atoms with E-state index in [-0.39, 0.29) is 5.82 Å². The van der Waals surface area contributed by atoms with E-state index in [4.69, 9.17) is 0 Å². The third kappa shape index (κ3) is 4.03. The van der Waals surface area contributed by atoms with Gasteiger partial charge in [-0.1, -0.05) is 18.2 Å². The quantitative estimate of drug-likeness (QED) is 0.311. The predicted molar refractivity (Wildman–Crippen MR) is 145 cm³/mol. The molecule has 2 aromatic heterocycles. The predicted octanol–water partition coefficient (Wildman–Crippen LogP) is 6.05. The van der Waals surface area contributed by atoms with E-state index >= 15 is 4.39 Å². The van der Waals surface area contributed by atoms with Gasteiger partial charge in [-0.05, 0) is 78.5 Å². The molecule has 5 aromatic rings. The summed E-state index contributed by atoms with van der Waals surface area (Å²) >= 11 is 1.63. The number of pyridine rings is 1. The highest BCUT2D eigenvalue weighted by atomic mass is 32.1. The van der Waals surface area contributed by atoms with Crippen molar-refractivity contribution in [1.29, 1.82) is 0 Å². The number of likely N-dealkylation sites (tertiary alicyclic amines) is 1. The number of fused-ring (bicyclic) bond motifs is 3. The Balaban J connectivity index is 1.16. The number of thiazole rings is 1. The van der Waals surface area contributed by atoms with Crippen LogP contribution in [0.3, 0.4) is 0 Å². The first-order valence-corrected chi connectivity index (χ1v) is 13.3. The number of rotatable bonds is 5. The summed E-state index contributed by atoms with van der Waals surface area (Å²) < 4.78 is 16.5. The normalized spacial score (nSPS) is 19.8. The van der Waals surface area contributed by atoms with Crippen LogP contribution in [0, 0.1) is 17.7 Å². The molecule has 5 nitrogen and oxygen atoms in total. The zero-order valence-corrected chi connectivity index (χ0v) is 20.6. The number of hydrogen-bond acceptors (Lipinski definition) is 6. The van der Waals surface area contributed by atoms with Gasteiger partial charge in [0.15, 0.2) is 0 Å². The Labute approximate surface area is 213 Å². The van der Waals surface area contributed by atoms with Crippen molar-refractivity contribution in [2.24, 2.45) is 11.8 Å². The van der Waals surface area contributed by atoms with E-state index < -0.39 is 0 Å². The molecule has 36 heavy (non-hydrogen) atoms. The van der Waals surface area contributed by atoms with E-state index in [0.29, 0.717) is 5.56 Å². The van der Waals surface area contributed by atoms with E-state index in [0.717, 1.165) is 88.2 Å². The van der Waals surface area contributed by atoms with Crippen LogP contribution in [0.4, 0.5) is 15.8 Å². The van der Waals surface area contributed by atoms with Crippen LogP contribution in [0.1, 0.15) is 5.56 Å². The highest BCUT2D eigenvalue weighted by Crippen LogP contribution is 2.33. The van der Waals surface area contributed by atoms with Crippen molar-refractivity contribution in [2.45, 2.75) is 6.54 Å². The van der Waals surface area contributed by atoms with Gasteiger partial charge >= 0.3 is 0 Å². The summed E-state index contributed by atoms with van der Waals surface area (Å²) in [5.41, 5.74) is 8.08. The maximum absolute atomic E-state index is 15.3. The van der Waals surface area contributed by atoms with Gasteiger partial charge in [-0.25, -0.2) is 9.37 Å². The Hall–Kier alpha value is -3.39. The average molecular weight is 496 g/mol. The number of anilines is 2. The van der Waals surface area contributed by atoms with Gasteiger partial charge in [0.2, 0.25) is 0 Å². The fourth-order valence-corrected chi connectivity index (χ4v) is 6.40. The van der Waals surface area contributed by atoms with Gasteiger partial charge in [-0.15, -0.1) is 11.3 Å². The lowest BCUT2D eigenvalue weighted by Crippen LogP contribution is -2.25. The molecule has 0 radical (unpaired) electrons. The molecule has 2 unspecified atom stereocenters. The largest absolute Gasteiger partial charge is 0.355 e. The van der Waals surface area contributed by atoms with Crippen molar-refractivity contribution < 1.29 is 4.39 Å². The molecule has 0 aliphatic carbocycles. The van der Waals surface area contributed by atoms with Crippen molar-refractivity contribution in [2.75, 3.05) is 31.5 Å². The minimum Gasteiger partial charge on any atom is -0.355 e. The van der Waals surface area contributed by atoms with Crippen LogP contribution in [0.2, 0.25) is 0 Å². The van der Waals surface area contributed by atoms with Crippen LogP contribution in [-0.2, 0) is 6.54 Å². The summed E-state index contributed by atoms with van der Waals surface area (Å²) in [7, 11) is 0. The molecular formula is C29H26FN5S. The molecule has 2 saturated heterocycles. The van der Waals surface area contributed by atoms with Gasteiger partial charge in [0.1, 0.15) is 5.82 Å². The van der Waals surface area contributed by atoms with Crippen molar-refractivity contribution in [3.63, 3.8) is 0 Å². The van der Waals surface area contributed by atoms with E-state index in [9.17, 15) is 0 Å². The lowest BCUT2D eigenvalue weighted by atomic mass is 10.0. The second kappa shape index (κ2) is 8.92. The van der Waals surface area contributed by atoms with Gasteiger partial charge in [0.05, 0.1) is 21.2 Å². The SMILES string of the molecule is Fc1cc(CN2CC3CNCC3C2)ccc1-c1ccc2nccc(Nc3ccc4scnc4c3)c2c1. The zero-order valence-electron chi connectivity index (χ0n) is 19.7. The van der Waals surface area contributed by atoms with Crippen molar-refractivity contribution in [3.05, 3.63) is 83.8 Å². The summed E-state index contributed by atoms with van der Waals surface area (Å²) in [6.07, 6.45) is 1.80. The molecule has 7 heteroatoms. The summed E-state index contributed by atoms with van der Waals surface area (Å²) in [6.45, 7) is 5.24. The lowest BCUT2D eigenvalue weighted by molar-refractivity contribution is 0.305. The smallest absolute Gasteiger partial charge is 0.131 e. The van der Waals surface area contributed by atoms with E-state index in [2.05, 4.69) is 43.7 Å². The molecule has 0 spiro atoms. The standard InChI is InChI=1S/C29H26FN5S/c30-25-9-18(14-35-15-20-12-31-13-21(20)16-35)1-4-23(25)19-2-5-26-24(10-19)27(7-8-32-26)34-22-3-6-29-28(11-22)33-17-36-29/h1-11,17,20-21,31H,12-16H2,(H,32,34). The first kappa shape index (κ1) is 21.9.